The minimum absolute atomic E-state index is 0.0302. The molecule has 0 aliphatic heterocycles. The lowest BCUT2D eigenvalue weighted by atomic mass is 9.87. The summed E-state index contributed by atoms with van der Waals surface area (Å²) in [5.74, 6) is -0.0302. The van der Waals surface area contributed by atoms with Crippen molar-refractivity contribution in [3.05, 3.63) is 29.6 Å². The molecule has 80 valence electrons. The van der Waals surface area contributed by atoms with E-state index in [-0.39, 0.29) is 18.0 Å². The molecule has 1 aliphatic carbocycles. The molecule has 0 unspecified atom stereocenters. The van der Waals surface area contributed by atoms with Gasteiger partial charge in [-0.25, -0.2) is 0 Å². The molecule has 0 spiro atoms. The highest BCUT2D eigenvalue weighted by molar-refractivity contribution is 5.94. The van der Waals surface area contributed by atoms with Crippen LogP contribution in [0.3, 0.4) is 0 Å². The third kappa shape index (κ3) is 2.33. The van der Waals surface area contributed by atoms with E-state index in [1.165, 1.54) is 0 Å². The van der Waals surface area contributed by atoms with Gasteiger partial charge in [-0.15, -0.1) is 0 Å². The number of amides is 1. The van der Waals surface area contributed by atoms with Gasteiger partial charge in [-0.1, -0.05) is 0 Å². The van der Waals surface area contributed by atoms with E-state index in [9.17, 15) is 4.79 Å². The third-order valence-electron chi connectivity index (χ3n) is 2.67. The zero-order chi connectivity index (χ0) is 10.8. The molecule has 0 radical (unpaired) electrons. The minimum atomic E-state index is -0.0302. The summed E-state index contributed by atoms with van der Waals surface area (Å²) in [5.41, 5.74) is 7.17. The largest absolute Gasteiger partial charge is 0.349 e. The fraction of sp³-hybridized carbons (Fsp3) is 0.455. The molecule has 0 atom stereocenters. The molecular formula is C11H15N3O. The third-order valence-corrected chi connectivity index (χ3v) is 2.67. The molecule has 0 bridgehead atoms. The molecule has 2 rings (SSSR count). The Morgan fingerprint density at radius 2 is 2.33 bits per heavy atom. The Labute approximate surface area is 88.9 Å². The van der Waals surface area contributed by atoms with E-state index < -0.39 is 0 Å². The van der Waals surface area contributed by atoms with E-state index >= 15 is 0 Å². The van der Waals surface area contributed by atoms with Crippen LogP contribution in [0.1, 0.15) is 28.9 Å². The number of carbonyl (C=O) groups excluding carboxylic acids is 1. The van der Waals surface area contributed by atoms with Crippen LogP contribution in [0.4, 0.5) is 0 Å². The Balaban J connectivity index is 1.96. The number of rotatable bonds is 2. The van der Waals surface area contributed by atoms with Gasteiger partial charge in [-0.2, -0.15) is 0 Å². The molecule has 1 aromatic rings. The van der Waals surface area contributed by atoms with Gasteiger partial charge in [0.15, 0.2) is 0 Å². The Morgan fingerprint density at radius 1 is 1.60 bits per heavy atom. The van der Waals surface area contributed by atoms with Crippen LogP contribution in [0, 0.1) is 6.92 Å². The average Bonchev–Trinajstić information content (AvgIpc) is 2.15. The van der Waals surface area contributed by atoms with Crippen LogP contribution < -0.4 is 11.1 Å². The average molecular weight is 205 g/mol. The van der Waals surface area contributed by atoms with Crippen molar-refractivity contribution in [1.82, 2.24) is 10.3 Å². The standard InChI is InChI=1S/C11H15N3O/c1-7-4-8(2-3-13-7)11(15)14-10-5-9(12)6-10/h2-4,9-10H,5-6,12H2,1H3,(H,14,15). The summed E-state index contributed by atoms with van der Waals surface area (Å²) in [6.07, 6.45) is 3.42. The Bertz CT molecular complexity index is 372. The van der Waals surface area contributed by atoms with Gasteiger partial charge in [-0.3, -0.25) is 9.78 Å². The Morgan fingerprint density at radius 3 is 2.93 bits per heavy atom. The highest BCUT2D eigenvalue weighted by Gasteiger charge is 2.27. The normalized spacial score (nSPS) is 24.4. The molecular weight excluding hydrogens is 190 g/mol. The van der Waals surface area contributed by atoms with Gasteiger partial charge in [0.05, 0.1) is 0 Å². The Kier molecular flexibility index (Phi) is 2.68. The molecule has 0 aromatic carbocycles. The zero-order valence-corrected chi connectivity index (χ0v) is 8.73. The summed E-state index contributed by atoms with van der Waals surface area (Å²) >= 11 is 0. The first-order valence-electron chi connectivity index (χ1n) is 5.14. The van der Waals surface area contributed by atoms with Crippen LogP contribution >= 0.6 is 0 Å². The van der Waals surface area contributed by atoms with Gasteiger partial charge in [0.1, 0.15) is 0 Å². The first kappa shape index (κ1) is 10.1. The maximum absolute atomic E-state index is 11.7. The molecule has 1 amide bonds. The van der Waals surface area contributed by atoms with Crippen molar-refractivity contribution < 1.29 is 4.79 Å². The number of nitrogens with zero attached hydrogens (tertiary/aromatic N) is 1. The van der Waals surface area contributed by atoms with Crippen molar-refractivity contribution in [2.75, 3.05) is 0 Å². The summed E-state index contributed by atoms with van der Waals surface area (Å²) in [5, 5.41) is 2.94. The number of nitrogens with one attached hydrogen (secondary N) is 1. The molecule has 4 nitrogen and oxygen atoms in total. The predicted molar refractivity (Wildman–Crippen MR) is 57.4 cm³/mol. The number of aromatic nitrogens is 1. The van der Waals surface area contributed by atoms with Crippen molar-refractivity contribution in [3.63, 3.8) is 0 Å². The molecule has 15 heavy (non-hydrogen) atoms. The molecule has 1 aliphatic rings. The molecule has 3 N–H and O–H groups in total. The van der Waals surface area contributed by atoms with Crippen LogP contribution in [-0.4, -0.2) is 23.0 Å². The van der Waals surface area contributed by atoms with Crippen molar-refractivity contribution in [3.8, 4) is 0 Å². The fourth-order valence-electron chi connectivity index (χ4n) is 1.74. The number of hydrogen-bond donors (Lipinski definition) is 2. The first-order valence-corrected chi connectivity index (χ1v) is 5.14. The van der Waals surface area contributed by atoms with Gasteiger partial charge in [0.2, 0.25) is 0 Å². The van der Waals surface area contributed by atoms with Gasteiger partial charge in [-0.05, 0) is 31.9 Å². The van der Waals surface area contributed by atoms with Crippen molar-refractivity contribution in [2.45, 2.75) is 31.8 Å². The number of aryl methyl sites for hydroxylation is 1. The van der Waals surface area contributed by atoms with Crippen molar-refractivity contribution in [2.24, 2.45) is 5.73 Å². The van der Waals surface area contributed by atoms with Crippen LogP contribution in [-0.2, 0) is 0 Å². The van der Waals surface area contributed by atoms with Crippen LogP contribution in [0.25, 0.3) is 0 Å². The first-order chi connectivity index (χ1) is 7.15. The van der Waals surface area contributed by atoms with Gasteiger partial charge < -0.3 is 11.1 Å². The number of nitrogens with two attached hydrogens (primary N) is 1. The smallest absolute Gasteiger partial charge is 0.251 e. The monoisotopic (exact) mass is 205 g/mol. The van der Waals surface area contributed by atoms with E-state index in [1.807, 2.05) is 6.92 Å². The molecule has 4 heteroatoms. The lowest BCUT2D eigenvalue weighted by Crippen LogP contribution is -2.50. The quantitative estimate of drug-likeness (QED) is 0.743. The SMILES string of the molecule is Cc1cc(C(=O)NC2CC(N)C2)ccn1. The van der Waals surface area contributed by atoms with Gasteiger partial charge >= 0.3 is 0 Å². The van der Waals surface area contributed by atoms with E-state index in [0.717, 1.165) is 18.5 Å². The maximum Gasteiger partial charge on any atom is 0.251 e. The lowest BCUT2D eigenvalue weighted by Gasteiger charge is -2.32. The van der Waals surface area contributed by atoms with Crippen molar-refractivity contribution >= 4 is 5.91 Å². The molecule has 1 heterocycles. The highest BCUT2D eigenvalue weighted by Crippen LogP contribution is 2.17. The number of hydrogen-bond acceptors (Lipinski definition) is 3. The van der Waals surface area contributed by atoms with Gasteiger partial charge in [0, 0.05) is 29.5 Å². The van der Waals surface area contributed by atoms with Crippen LogP contribution in [0.2, 0.25) is 0 Å². The molecule has 1 aromatic heterocycles. The van der Waals surface area contributed by atoms with E-state index in [4.69, 9.17) is 5.73 Å². The molecule has 1 fully saturated rings. The predicted octanol–water partition coefficient (Wildman–Crippen LogP) is 0.610. The summed E-state index contributed by atoms with van der Waals surface area (Å²) in [7, 11) is 0. The van der Waals surface area contributed by atoms with Gasteiger partial charge in [0.25, 0.3) is 5.91 Å². The second-order valence-corrected chi connectivity index (χ2v) is 4.09. The minimum Gasteiger partial charge on any atom is -0.349 e. The summed E-state index contributed by atoms with van der Waals surface area (Å²) in [6, 6.07) is 4.02. The fourth-order valence-corrected chi connectivity index (χ4v) is 1.74. The zero-order valence-electron chi connectivity index (χ0n) is 8.73. The summed E-state index contributed by atoms with van der Waals surface area (Å²) in [4.78, 5) is 15.8. The van der Waals surface area contributed by atoms with E-state index in [2.05, 4.69) is 10.3 Å². The maximum atomic E-state index is 11.7. The van der Waals surface area contributed by atoms with E-state index in [0.29, 0.717) is 5.56 Å². The van der Waals surface area contributed by atoms with Crippen molar-refractivity contribution in [1.29, 1.82) is 0 Å². The Hall–Kier alpha value is -1.42. The summed E-state index contributed by atoms with van der Waals surface area (Å²) < 4.78 is 0. The second kappa shape index (κ2) is 3.98. The molecule has 1 saturated carbocycles. The van der Waals surface area contributed by atoms with E-state index in [1.54, 1.807) is 18.3 Å². The molecule has 0 saturated heterocycles. The summed E-state index contributed by atoms with van der Waals surface area (Å²) in [6.45, 7) is 1.87. The number of carbonyl (C=O) groups is 1. The topological polar surface area (TPSA) is 68.0 Å². The number of pyridine rings is 1. The van der Waals surface area contributed by atoms with Crippen LogP contribution in [0.15, 0.2) is 18.3 Å². The lowest BCUT2D eigenvalue weighted by molar-refractivity contribution is 0.0910. The second-order valence-electron chi connectivity index (χ2n) is 4.09. The highest BCUT2D eigenvalue weighted by atomic mass is 16.1. The van der Waals surface area contributed by atoms with Crippen LogP contribution in [0.5, 0.6) is 0 Å².